The number of phenolic OH excluding ortho intramolecular Hbond substituents is 2. The molecule has 0 spiro atoms. The molecule has 3 fully saturated rings. The van der Waals surface area contributed by atoms with Gasteiger partial charge >= 0.3 is 5.97 Å². The van der Waals surface area contributed by atoms with Crippen molar-refractivity contribution in [3.05, 3.63) is 111 Å². The normalized spacial score (nSPS) is 22.7. The number of methoxy groups -OCH3 is 1. The lowest BCUT2D eigenvalue weighted by Crippen LogP contribution is -2.62. The van der Waals surface area contributed by atoms with E-state index in [2.05, 4.69) is 37.2 Å². The number of nitrogens with two attached hydrogens (primary N) is 1. The fourth-order valence-corrected chi connectivity index (χ4v) is 15.9. The van der Waals surface area contributed by atoms with Gasteiger partial charge in [0.25, 0.3) is 0 Å². The van der Waals surface area contributed by atoms with E-state index >= 15 is 0 Å². The van der Waals surface area contributed by atoms with Gasteiger partial charge in [-0.2, -0.15) is 0 Å². The number of ketones is 3. The van der Waals surface area contributed by atoms with Crippen molar-refractivity contribution >= 4 is 76.5 Å². The summed E-state index contributed by atoms with van der Waals surface area (Å²) in [6, 6.07) is 7.63. The van der Waals surface area contributed by atoms with Crippen LogP contribution in [0.25, 0.3) is 11.1 Å². The summed E-state index contributed by atoms with van der Waals surface area (Å²) in [5.41, 5.74) is 4.79. The Morgan fingerprint density at radius 3 is 1.90 bits per heavy atom. The van der Waals surface area contributed by atoms with Gasteiger partial charge in [-0.1, -0.05) is 93.8 Å². The van der Waals surface area contributed by atoms with Crippen LogP contribution in [0.5, 0.6) is 17.2 Å². The van der Waals surface area contributed by atoms with E-state index in [0.29, 0.717) is 25.7 Å². The van der Waals surface area contributed by atoms with Gasteiger partial charge in [0, 0.05) is 74.1 Å². The van der Waals surface area contributed by atoms with Crippen LogP contribution in [-0.2, 0) is 73.4 Å². The van der Waals surface area contributed by atoms with Crippen LogP contribution in [0.3, 0.4) is 0 Å². The van der Waals surface area contributed by atoms with Crippen molar-refractivity contribution in [2.45, 2.75) is 215 Å². The highest BCUT2D eigenvalue weighted by molar-refractivity contribution is 6.31. The summed E-state index contributed by atoms with van der Waals surface area (Å²) in [7, 11) is 1.25. The molecule has 17 N–H and O–H groups in total. The number of hydrogen-bond acceptors (Lipinski definition) is 25. The summed E-state index contributed by atoms with van der Waals surface area (Å²) in [6.07, 6.45) is -7.73. The number of primary amides is 1. The number of carbonyl (C=O) groups excluding carboxylic acids is 13. The number of fused-ring (bicyclic) bond motifs is 6. The van der Waals surface area contributed by atoms with Crippen molar-refractivity contribution in [2.24, 2.45) is 17.6 Å². The Morgan fingerprint density at radius 2 is 1.27 bits per heavy atom. The minimum absolute atomic E-state index is 0.0273. The van der Waals surface area contributed by atoms with Gasteiger partial charge in [0.2, 0.25) is 58.9 Å². The molecule has 9 amide bonds. The van der Waals surface area contributed by atoms with E-state index < -0.39 is 242 Å². The Kier molecular flexibility index (Phi) is 27.9. The van der Waals surface area contributed by atoms with Crippen LogP contribution in [0, 0.1) is 11.8 Å². The molecule has 113 heavy (non-hydrogen) atoms. The molecule has 0 bridgehead atoms. The molecule has 4 aromatic carbocycles. The number of nitrogens with zero attached hydrogens (tertiary/aromatic N) is 1. The monoisotopic (exact) mass is 1570 g/mol. The SMILES string of the molecule is COc1cccc2c1C(=O)c1c(O)c3c(c(O)c1C2=O)C[C@@](O)(C(=O)CO)C[C@@H]3OC1CC(NC(=O)[C@H](CC(C)C)NC(=O)[C@H](CO)NC(=O)[C@H](CCC(N)=O)NC(=O)[C@@H](NC(=O)[C@H](CO)NC(=O)[C@H](C)NC(=O)C2C[C@@H](O)CN2C(=O)CCCC(=O)OCC2c3ccccc3-c3ccccc32)C2CCCCC2)C(O)C(C)O1. The van der Waals surface area contributed by atoms with Crippen molar-refractivity contribution in [1.29, 1.82) is 0 Å². The van der Waals surface area contributed by atoms with Crippen molar-refractivity contribution in [1.82, 2.24) is 42.1 Å². The minimum Gasteiger partial charge on any atom is -0.507 e. The van der Waals surface area contributed by atoms with Crippen LogP contribution in [0.4, 0.5) is 0 Å². The van der Waals surface area contributed by atoms with Crippen molar-refractivity contribution < 1.29 is 122 Å². The van der Waals surface area contributed by atoms with Crippen LogP contribution < -0.4 is 47.7 Å². The number of aliphatic hydroxyl groups excluding tert-OH is 5. The van der Waals surface area contributed by atoms with Crippen molar-refractivity contribution in [3.63, 3.8) is 0 Å². The van der Waals surface area contributed by atoms with Gasteiger partial charge in [0.1, 0.15) is 84.5 Å². The Hall–Kier alpha value is -10.3. The van der Waals surface area contributed by atoms with Crippen LogP contribution >= 0.6 is 0 Å². The third-order valence-electron chi connectivity index (χ3n) is 21.9. The Labute approximate surface area is 649 Å². The second-order valence-corrected chi connectivity index (χ2v) is 30.2. The molecule has 2 saturated heterocycles. The maximum Gasteiger partial charge on any atom is 0.305 e. The number of phenols is 2. The average molecular weight is 1570 g/mol. The van der Waals surface area contributed by atoms with Crippen molar-refractivity contribution in [3.8, 4) is 28.4 Å². The lowest BCUT2D eigenvalue weighted by molar-refractivity contribution is -0.249. The van der Waals surface area contributed by atoms with E-state index in [4.69, 9.17) is 24.7 Å². The maximum atomic E-state index is 14.6. The number of aliphatic hydroxyl groups is 6. The fourth-order valence-electron chi connectivity index (χ4n) is 15.9. The molecule has 0 aromatic heterocycles. The average Bonchev–Trinajstić information content (AvgIpc) is 1.11. The van der Waals surface area contributed by atoms with Crippen molar-refractivity contribution in [2.75, 3.05) is 40.1 Å². The number of aromatic hydroxyl groups is 2. The number of Topliss-reactive ketones (excluding diaryl/α,β-unsaturated/α-hetero) is 1. The first kappa shape index (κ1) is 85.1. The van der Waals surface area contributed by atoms with E-state index in [1.807, 2.05) is 48.5 Å². The summed E-state index contributed by atoms with van der Waals surface area (Å²) in [5.74, 6) is -14.9. The number of esters is 1. The van der Waals surface area contributed by atoms with E-state index in [0.717, 1.165) is 33.6 Å². The lowest BCUT2D eigenvalue weighted by atomic mass is 9.72. The number of carbonyl (C=O) groups is 13. The van der Waals surface area contributed by atoms with Gasteiger partial charge in [-0.05, 0) is 86.1 Å². The molecule has 14 atom stereocenters. The highest BCUT2D eigenvalue weighted by Gasteiger charge is 2.52. The summed E-state index contributed by atoms with van der Waals surface area (Å²) >= 11 is 0. The molecule has 2 heterocycles. The van der Waals surface area contributed by atoms with Gasteiger partial charge in [0.05, 0.1) is 61.4 Å². The van der Waals surface area contributed by atoms with E-state index in [-0.39, 0.29) is 85.1 Å². The number of β-amino-alcohol motifs (C(OH)–C–C–N with tert-alkyl or cyclic N) is 1. The molecular weight excluding hydrogens is 1470 g/mol. The van der Waals surface area contributed by atoms with Crippen LogP contribution in [-0.4, -0.2) is 241 Å². The molecule has 5 unspecified atom stereocenters. The highest BCUT2D eigenvalue weighted by Crippen LogP contribution is 2.53. The Morgan fingerprint density at radius 1 is 0.673 bits per heavy atom. The molecule has 1 saturated carbocycles. The van der Waals surface area contributed by atoms with E-state index in [1.165, 1.54) is 39.2 Å². The first-order chi connectivity index (χ1) is 53.8. The fraction of sp³-hybridized carbons (Fsp3) is 0.532. The molecule has 4 aliphatic carbocycles. The molecule has 610 valence electrons. The zero-order chi connectivity index (χ0) is 82.0. The molecule has 2 aliphatic heterocycles. The van der Waals surface area contributed by atoms with E-state index in [9.17, 15) is 103 Å². The maximum absolute atomic E-state index is 14.6. The Balaban J connectivity index is 0.748. The van der Waals surface area contributed by atoms with Gasteiger partial charge in [-0.25, -0.2) is 0 Å². The number of nitrogens with one attached hydrogen (secondary N) is 7. The van der Waals surface area contributed by atoms with Crippen LogP contribution in [0.1, 0.15) is 184 Å². The number of ether oxygens (including phenoxy) is 4. The third-order valence-corrected chi connectivity index (χ3v) is 21.9. The predicted molar refractivity (Wildman–Crippen MR) is 396 cm³/mol. The lowest BCUT2D eigenvalue weighted by Gasteiger charge is -2.43. The second kappa shape index (κ2) is 37.1. The zero-order valence-electron chi connectivity index (χ0n) is 63.3. The minimum atomic E-state index is -2.52. The molecule has 10 rings (SSSR count). The van der Waals surface area contributed by atoms with Crippen LogP contribution in [0.15, 0.2) is 66.7 Å². The van der Waals surface area contributed by atoms with Crippen LogP contribution in [0.2, 0.25) is 0 Å². The summed E-state index contributed by atoms with van der Waals surface area (Å²) < 4.78 is 23.4. The highest BCUT2D eigenvalue weighted by atomic mass is 16.7. The molecule has 0 radical (unpaired) electrons. The molecule has 34 nitrogen and oxygen atoms in total. The number of benzene rings is 4. The number of amides is 9. The first-order valence-electron chi connectivity index (χ1n) is 38.0. The molecule has 34 heteroatoms. The predicted octanol–water partition coefficient (Wildman–Crippen LogP) is -0.548. The van der Waals surface area contributed by atoms with Gasteiger partial charge in [0.15, 0.2) is 17.9 Å². The summed E-state index contributed by atoms with van der Waals surface area (Å²) in [4.78, 5) is 181. The van der Waals surface area contributed by atoms with Gasteiger partial charge in [-0.15, -0.1) is 0 Å². The van der Waals surface area contributed by atoms with Gasteiger partial charge in [-0.3, -0.25) is 62.3 Å². The quantitative estimate of drug-likeness (QED) is 0.0185. The second-order valence-electron chi connectivity index (χ2n) is 30.2. The first-order valence-corrected chi connectivity index (χ1v) is 38.0. The topological polar surface area (TPSA) is 534 Å². The standard InChI is InChI=1S/C79H99N9O25/c1-37(2)27-51(74(104)83-50-29-61(112-39(4)67(50)97)113-56-31-79(109,57(93)35-91)30-47-63(56)71(101)65-64(69(47)99)68(98)46-21-13-22-55(110-5)62(46)70(65)100)84-75(105)52(33-89)86-73(103)49(25-26-58(80)94)82-78(108)66(40-15-7-6-8-16-40)87-76(106)53(34-90)85-72(102)38(3)81-77(107)54-28-41(92)32-88(54)59(95)23-14-24-60(96)111-36-48-44-19-11-9-17-42(44)43-18-10-12-20-45(43)48/h9-13,17-22,37-41,48-54,56,61,66-67,89-92,97,99,101,109H,6-8,14-16,23-36H2,1-5H3,(H2,80,94)(H,81,107)(H,82,108)(H,83,104)(H,84,105)(H,85,102)(H,86,103)(H,87,106)/t38-,39?,41+,49-,50?,51-,52-,53-,54?,56-,61?,66-,67?,79-/m0/s1. The molecule has 6 aliphatic rings. The zero-order valence-corrected chi connectivity index (χ0v) is 63.3. The largest absolute Gasteiger partial charge is 0.507 e. The molecular formula is C79H99N9O25. The Bertz CT molecular complexity index is 4270. The van der Waals surface area contributed by atoms with Gasteiger partial charge < -0.3 is 108 Å². The number of rotatable bonds is 33. The third kappa shape index (κ3) is 19.1. The summed E-state index contributed by atoms with van der Waals surface area (Å²) in [6.45, 7) is 2.61. The van der Waals surface area contributed by atoms with E-state index in [1.54, 1.807) is 13.8 Å². The smallest absolute Gasteiger partial charge is 0.305 e. The number of likely N-dealkylation sites (tertiary alicyclic amines) is 1. The number of hydrogen-bond donors (Lipinski definition) is 16. The summed E-state index contributed by atoms with van der Waals surface area (Å²) in [5, 5.41) is 107. The molecule has 4 aromatic rings.